The Morgan fingerprint density at radius 1 is 1.16 bits per heavy atom. The zero-order valence-corrected chi connectivity index (χ0v) is 21.5. The summed E-state index contributed by atoms with van der Waals surface area (Å²) in [7, 11) is 3.14. The van der Waals surface area contributed by atoms with Gasteiger partial charge in [-0.1, -0.05) is 29.8 Å². The number of methoxy groups -OCH3 is 2. The molecule has 3 saturated carbocycles. The van der Waals surface area contributed by atoms with Crippen LogP contribution in [0, 0.1) is 23.2 Å². The van der Waals surface area contributed by atoms with E-state index in [-0.39, 0.29) is 17.6 Å². The van der Waals surface area contributed by atoms with Crippen LogP contribution in [-0.4, -0.2) is 64.7 Å². The lowest BCUT2D eigenvalue weighted by molar-refractivity contribution is -0.947. The lowest BCUT2D eigenvalue weighted by Gasteiger charge is -2.60. The van der Waals surface area contributed by atoms with Crippen molar-refractivity contribution in [3.05, 3.63) is 22.2 Å². The summed E-state index contributed by atoms with van der Waals surface area (Å²) in [5.74, 6) is 3.15. The smallest absolute Gasteiger partial charge is 0.161 e. The van der Waals surface area contributed by atoms with Crippen molar-refractivity contribution in [2.24, 2.45) is 23.2 Å². The highest BCUT2D eigenvalue weighted by atomic mass is 79.9. The predicted octanol–water partition coefficient (Wildman–Crippen LogP) is 5.29. The average molecular weight is 516 g/mol. The third kappa shape index (κ3) is 4.98. The first-order valence-corrected chi connectivity index (χ1v) is 12.7. The molecule has 32 heavy (non-hydrogen) atoms. The van der Waals surface area contributed by atoms with E-state index >= 15 is 0 Å². The molecule has 0 unspecified atom stereocenters. The molecule has 0 radical (unpaired) electrons. The van der Waals surface area contributed by atoms with Crippen LogP contribution in [0.4, 0.5) is 0 Å². The molecule has 0 amide bonds. The Balaban J connectivity index is 1.51. The standard InChI is InChI=1S/C26H41BrNO4/c1-26(2)21-6-5-19(22(26)16-21)7-11-31-12-8-28(9-13-32-14-10-28)18-20-15-24(29-3)25(30-4)17-23(20)27/h15,17,19,21-22H,5-14,16,18H2,1-4H3/q+1/t19-,21+,22+/m1/s1/i8D2,12D2. The molecule has 1 heterocycles. The molecular formula is C26H41BrNO4+. The van der Waals surface area contributed by atoms with Crippen molar-refractivity contribution >= 4 is 15.9 Å². The van der Waals surface area contributed by atoms with Crippen molar-refractivity contribution in [1.29, 1.82) is 0 Å². The summed E-state index contributed by atoms with van der Waals surface area (Å²) in [4.78, 5) is 0. The van der Waals surface area contributed by atoms with E-state index in [1.165, 1.54) is 19.3 Å². The highest BCUT2D eigenvalue weighted by Gasteiger charge is 2.53. The predicted molar refractivity (Wildman–Crippen MR) is 130 cm³/mol. The second kappa shape index (κ2) is 10.2. The van der Waals surface area contributed by atoms with Gasteiger partial charge in [-0.15, -0.1) is 0 Å². The number of ether oxygens (including phenoxy) is 4. The van der Waals surface area contributed by atoms with Gasteiger partial charge in [-0.2, -0.15) is 0 Å². The summed E-state index contributed by atoms with van der Waals surface area (Å²) in [6.45, 7) is 1.86. The zero-order chi connectivity index (χ0) is 26.4. The Morgan fingerprint density at radius 3 is 2.53 bits per heavy atom. The van der Waals surface area contributed by atoms with Crippen LogP contribution in [0.5, 0.6) is 11.5 Å². The van der Waals surface area contributed by atoms with Gasteiger partial charge in [0.2, 0.25) is 0 Å². The van der Waals surface area contributed by atoms with Crippen LogP contribution >= 0.6 is 15.9 Å². The van der Waals surface area contributed by atoms with Crippen molar-refractivity contribution in [1.82, 2.24) is 0 Å². The number of morpholine rings is 1. The van der Waals surface area contributed by atoms with E-state index < -0.39 is 13.1 Å². The maximum atomic E-state index is 9.11. The minimum Gasteiger partial charge on any atom is -0.493 e. The minimum atomic E-state index is -2.46. The van der Waals surface area contributed by atoms with Crippen molar-refractivity contribution in [3.63, 3.8) is 0 Å². The second-order valence-electron chi connectivity index (χ2n) is 10.2. The molecule has 3 aliphatic carbocycles. The van der Waals surface area contributed by atoms with E-state index in [0.29, 0.717) is 55.1 Å². The highest BCUT2D eigenvalue weighted by molar-refractivity contribution is 9.10. The lowest BCUT2D eigenvalue weighted by atomic mass is 9.45. The lowest BCUT2D eigenvalue weighted by Crippen LogP contribution is -2.56. The molecule has 0 aromatic heterocycles. The average Bonchev–Trinajstić information content (AvgIpc) is 2.85. The molecule has 4 aliphatic rings. The van der Waals surface area contributed by atoms with Gasteiger partial charge in [-0.25, -0.2) is 0 Å². The van der Waals surface area contributed by atoms with Crippen molar-refractivity contribution in [3.8, 4) is 11.5 Å². The molecule has 4 fully saturated rings. The molecule has 1 saturated heterocycles. The molecule has 0 N–H and O–H groups in total. The van der Waals surface area contributed by atoms with Gasteiger partial charge >= 0.3 is 0 Å². The first-order chi connectivity index (χ1) is 16.9. The molecule has 1 aromatic rings. The topological polar surface area (TPSA) is 36.9 Å². The van der Waals surface area contributed by atoms with Gasteiger partial charge in [-0.05, 0) is 61.0 Å². The number of fused-ring (bicyclic) bond motifs is 2. The normalized spacial score (nSPS) is 30.8. The fourth-order valence-corrected chi connectivity index (χ4v) is 6.49. The number of benzene rings is 1. The largest absolute Gasteiger partial charge is 0.493 e. The number of halogens is 1. The summed E-state index contributed by atoms with van der Waals surface area (Å²) in [6.07, 6.45) is 4.46. The van der Waals surface area contributed by atoms with E-state index in [2.05, 4.69) is 29.8 Å². The van der Waals surface area contributed by atoms with Crippen molar-refractivity contribution < 1.29 is 28.9 Å². The van der Waals surface area contributed by atoms with Gasteiger partial charge in [0.15, 0.2) is 11.5 Å². The van der Waals surface area contributed by atoms with Gasteiger partial charge in [0.1, 0.15) is 26.1 Å². The number of hydrogen-bond donors (Lipinski definition) is 0. The molecule has 5 rings (SSSR count). The van der Waals surface area contributed by atoms with Crippen LogP contribution in [0.25, 0.3) is 0 Å². The van der Waals surface area contributed by atoms with Crippen LogP contribution < -0.4 is 9.47 Å². The van der Waals surface area contributed by atoms with Crippen LogP contribution in [-0.2, 0) is 16.0 Å². The first kappa shape index (κ1) is 19.5. The van der Waals surface area contributed by atoms with Crippen LogP contribution in [0.3, 0.4) is 0 Å². The van der Waals surface area contributed by atoms with Gasteiger partial charge in [0, 0.05) is 16.6 Å². The maximum Gasteiger partial charge on any atom is 0.161 e. The number of rotatable bonds is 10. The number of nitrogens with zero attached hydrogens (tertiary/aromatic N) is 1. The molecule has 3 atom stereocenters. The monoisotopic (exact) mass is 514 g/mol. The summed E-state index contributed by atoms with van der Waals surface area (Å²) in [6, 6.07) is 3.64. The summed E-state index contributed by atoms with van der Waals surface area (Å²) >= 11 is 3.60. The molecule has 2 bridgehead atoms. The zero-order valence-electron chi connectivity index (χ0n) is 23.9. The maximum absolute atomic E-state index is 9.11. The second-order valence-corrected chi connectivity index (χ2v) is 11.1. The van der Waals surface area contributed by atoms with Crippen molar-refractivity contribution in [2.45, 2.75) is 46.1 Å². The van der Waals surface area contributed by atoms with E-state index in [1.807, 2.05) is 12.1 Å². The summed E-state index contributed by atoms with van der Waals surface area (Å²) in [5.41, 5.74) is 1.19. The van der Waals surface area contributed by atoms with E-state index in [1.54, 1.807) is 14.2 Å². The van der Waals surface area contributed by atoms with Crippen LogP contribution in [0.1, 0.15) is 50.6 Å². The fourth-order valence-electron chi connectivity index (χ4n) is 6.04. The Labute approximate surface area is 208 Å². The highest BCUT2D eigenvalue weighted by Crippen LogP contribution is 2.61. The summed E-state index contributed by atoms with van der Waals surface area (Å²) in [5, 5.41) is 0. The number of hydrogen-bond acceptors (Lipinski definition) is 4. The molecular weight excluding hydrogens is 470 g/mol. The Morgan fingerprint density at radius 2 is 1.88 bits per heavy atom. The van der Waals surface area contributed by atoms with E-state index in [9.17, 15) is 0 Å². The molecule has 180 valence electrons. The van der Waals surface area contributed by atoms with Gasteiger partial charge in [0.05, 0.1) is 39.5 Å². The molecule has 0 spiro atoms. The molecule has 6 heteroatoms. The van der Waals surface area contributed by atoms with Crippen LogP contribution in [0.2, 0.25) is 0 Å². The van der Waals surface area contributed by atoms with Crippen LogP contribution in [0.15, 0.2) is 16.6 Å². The molecule has 5 nitrogen and oxygen atoms in total. The Hall–Kier alpha value is -0.820. The van der Waals surface area contributed by atoms with Gasteiger partial charge < -0.3 is 23.4 Å². The summed E-state index contributed by atoms with van der Waals surface area (Å²) < 4.78 is 58.6. The third-order valence-electron chi connectivity index (χ3n) is 8.30. The molecule has 1 aliphatic heterocycles. The van der Waals surface area contributed by atoms with E-state index in [4.69, 9.17) is 24.4 Å². The van der Waals surface area contributed by atoms with E-state index in [0.717, 1.165) is 22.4 Å². The fraction of sp³-hybridized carbons (Fsp3) is 0.769. The Kier molecular flexibility index (Phi) is 6.21. The quantitative estimate of drug-likeness (QED) is 0.397. The third-order valence-corrected chi connectivity index (χ3v) is 9.04. The first-order valence-electron chi connectivity index (χ1n) is 13.9. The molecule has 1 aromatic carbocycles. The van der Waals surface area contributed by atoms with Gasteiger partial charge in [-0.3, -0.25) is 0 Å². The van der Waals surface area contributed by atoms with Gasteiger partial charge in [0.25, 0.3) is 0 Å². The van der Waals surface area contributed by atoms with Crippen molar-refractivity contribution in [2.75, 3.05) is 60.2 Å². The SMILES string of the molecule is [2H]C([2H])(OCC[C@H]1CC[C@H]2C[C@@H]1C2(C)C)C([2H])([2H])[N+]1(Cc2cc(OC)c(OC)cc2Br)CCOCC1. The Bertz CT molecular complexity index is 937. The number of quaternary nitrogens is 1. The minimum absolute atomic E-state index is 0.130.